The minimum Gasteiger partial charge on any atom is -0.508 e. The van der Waals surface area contributed by atoms with E-state index < -0.39 is 0 Å². The first-order chi connectivity index (χ1) is 16.5. The Bertz CT molecular complexity index is 1210. The maximum atomic E-state index is 9.88. The molecule has 0 aliphatic carbocycles. The molecule has 7 nitrogen and oxygen atoms in total. The van der Waals surface area contributed by atoms with Crippen molar-refractivity contribution in [1.82, 2.24) is 10.3 Å². The normalized spacial score (nSPS) is 15.2. The Kier molecular flexibility index (Phi) is 6.47. The summed E-state index contributed by atoms with van der Waals surface area (Å²) < 4.78 is 5.88. The van der Waals surface area contributed by atoms with Gasteiger partial charge < -0.3 is 15.2 Å². The van der Waals surface area contributed by atoms with Crippen LogP contribution in [-0.4, -0.2) is 42.2 Å². The molecule has 0 atom stereocenters. The Morgan fingerprint density at radius 3 is 2.62 bits per heavy atom. The summed E-state index contributed by atoms with van der Waals surface area (Å²) in [6.07, 6.45) is 2.59. The fourth-order valence-corrected chi connectivity index (χ4v) is 4.52. The first-order valence-electron chi connectivity index (χ1n) is 11.5. The number of halogens is 1. The van der Waals surface area contributed by atoms with Crippen LogP contribution in [0.3, 0.4) is 0 Å². The number of likely N-dealkylation sites (tertiary alicyclic amines) is 1. The first-order valence-corrected chi connectivity index (χ1v) is 11.9. The van der Waals surface area contributed by atoms with Gasteiger partial charge in [0.2, 0.25) is 5.96 Å². The molecule has 0 amide bonds. The predicted octanol–water partition coefficient (Wildman–Crippen LogP) is 5.53. The Morgan fingerprint density at radius 1 is 1.03 bits per heavy atom. The van der Waals surface area contributed by atoms with Crippen molar-refractivity contribution in [2.24, 2.45) is 4.99 Å². The lowest BCUT2D eigenvalue weighted by molar-refractivity contribution is 0.238. The molecule has 0 spiro atoms. The van der Waals surface area contributed by atoms with Gasteiger partial charge >= 0.3 is 0 Å². The largest absolute Gasteiger partial charge is 0.508 e. The highest BCUT2D eigenvalue weighted by Crippen LogP contribution is 2.39. The molecule has 2 heterocycles. The molecular formula is C26H28ClN5O2. The van der Waals surface area contributed by atoms with Crippen LogP contribution in [-0.2, 0) is 0 Å². The SMILES string of the molecule is Cc1cc2c(cc1-c1cc(O)ccc1Cl)NNC(Nc1ccc(OCCN3CCCC3)cc1)=N2. The van der Waals surface area contributed by atoms with Crippen molar-refractivity contribution in [3.8, 4) is 22.6 Å². The van der Waals surface area contributed by atoms with Gasteiger partial charge in [-0.05, 0) is 98.6 Å². The molecule has 34 heavy (non-hydrogen) atoms. The van der Waals surface area contributed by atoms with Gasteiger partial charge in [-0.25, -0.2) is 4.99 Å². The van der Waals surface area contributed by atoms with Crippen LogP contribution in [0, 0.1) is 6.92 Å². The van der Waals surface area contributed by atoms with Crippen molar-refractivity contribution >= 4 is 34.6 Å². The zero-order valence-electron chi connectivity index (χ0n) is 19.1. The average Bonchev–Trinajstić information content (AvgIpc) is 3.35. The first kappa shape index (κ1) is 22.4. The second-order valence-electron chi connectivity index (χ2n) is 8.61. The van der Waals surface area contributed by atoms with Crippen LogP contribution < -0.4 is 20.9 Å². The average molecular weight is 478 g/mol. The number of phenols is 1. The van der Waals surface area contributed by atoms with Crippen molar-refractivity contribution in [3.63, 3.8) is 0 Å². The number of aliphatic imine (C=N–C) groups is 1. The molecule has 0 saturated carbocycles. The summed E-state index contributed by atoms with van der Waals surface area (Å²) in [5, 5.41) is 13.8. The van der Waals surface area contributed by atoms with Gasteiger partial charge in [0.25, 0.3) is 0 Å². The summed E-state index contributed by atoms with van der Waals surface area (Å²) in [5.74, 6) is 1.63. The molecule has 0 unspecified atom stereocenters. The van der Waals surface area contributed by atoms with E-state index >= 15 is 0 Å². The number of ether oxygens (including phenoxy) is 1. The zero-order valence-corrected chi connectivity index (χ0v) is 19.8. The van der Waals surface area contributed by atoms with Gasteiger partial charge in [-0.1, -0.05) is 11.6 Å². The van der Waals surface area contributed by atoms with Crippen LogP contribution in [0.5, 0.6) is 11.5 Å². The van der Waals surface area contributed by atoms with E-state index in [4.69, 9.17) is 21.3 Å². The Labute approximate surface area is 204 Å². The number of nitrogens with zero attached hydrogens (tertiary/aromatic N) is 2. The second kappa shape index (κ2) is 9.83. The third-order valence-electron chi connectivity index (χ3n) is 6.12. The Morgan fingerprint density at radius 2 is 1.82 bits per heavy atom. The van der Waals surface area contributed by atoms with Gasteiger partial charge in [0.1, 0.15) is 18.1 Å². The molecule has 1 fully saturated rings. The molecule has 1 saturated heterocycles. The summed E-state index contributed by atoms with van der Waals surface area (Å²) in [7, 11) is 0. The predicted molar refractivity (Wildman–Crippen MR) is 138 cm³/mol. The van der Waals surface area contributed by atoms with E-state index in [1.165, 1.54) is 25.9 Å². The highest BCUT2D eigenvalue weighted by Gasteiger charge is 2.16. The molecule has 4 N–H and O–H groups in total. The van der Waals surface area contributed by atoms with E-state index in [9.17, 15) is 5.11 Å². The second-order valence-corrected chi connectivity index (χ2v) is 9.01. The fourth-order valence-electron chi connectivity index (χ4n) is 4.30. The van der Waals surface area contributed by atoms with Crippen molar-refractivity contribution in [2.75, 3.05) is 37.0 Å². The van der Waals surface area contributed by atoms with E-state index in [2.05, 4.69) is 21.1 Å². The van der Waals surface area contributed by atoms with Gasteiger partial charge in [-0.15, -0.1) is 0 Å². The summed E-state index contributed by atoms with van der Waals surface area (Å²) in [6.45, 7) is 6.05. The molecular weight excluding hydrogens is 450 g/mol. The molecule has 8 heteroatoms. The molecule has 176 valence electrons. The number of rotatable bonds is 6. The zero-order chi connectivity index (χ0) is 23.5. The monoisotopic (exact) mass is 477 g/mol. The van der Waals surface area contributed by atoms with Crippen molar-refractivity contribution in [1.29, 1.82) is 0 Å². The standard InChI is InChI=1S/C26H28ClN5O2/c1-17-14-24-25(16-21(17)22-15-19(33)6-9-23(22)27)30-31-26(29-24)28-18-4-7-20(8-5-18)34-13-12-32-10-2-3-11-32/h4-9,14-16,30,33H,2-3,10-13H2,1H3,(H2,28,29,31). The molecule has 3 aromatic carbocycles. The number of anilines is 2. The number of guanidine groups is 1. The lowest BCUT2D eigenvalue weighted by Gasteiger charge is -2.22. The van der Waals surface area contributed by atoms with Crippen LogP contribution in [0.2, 0.25) is 5.02 Å². The highest BCUT2D eigenvalue weighted by molar-refractivity contribution is 6.33. The molecule has 3 aromatic rings. The van der Waals surface area contributed by atoms with Crippen molar-refractivity contribution in [2.45, 2.75) is 19.8 Å². The van der Waals surface area contributed by atoms with E-state index in [0.29, 0.717) is 17.6 Å². The van der Waals surface area contributed by atoms with Gasteiger partial charge in [0.15, 0.2) is 0 Å². The van der Waals surface area contributed by atoms with Gasteiger partial charge in [0, 0.05) is 22.8 Å². The number of fused-ring (bicyclic) bond motifs is 1. The maximum Gasteiger partial charge on any atom is 0.220 e. The molecule has 0 bridgehead atoms. The summed E-state index contributed by atoms with van der Waals surface area (Å²) in [6, 6.07) is 16.8. The molecule has 0 aromatic heterocycles. The van der Waals surface area contributed by atoms with Gasteiger partial charge in [0.05, 0.1) is 11.4 Å². The summed E-state index contributed by atoms with van der Waals surface area (Å²) in [4.78, 5) is 7.15. The van der Waals surface area contributed by atoms with Crippen molar-refractivity contribution < 1.29 is 9.84 Å². The number of nitrogens with one attached hydrogen (secondary N) is 3. The molecule has 0 radical (unpaired) electrons. The maximum absolute atomic E-state index is 9.88. The lowest BCUT2D eigenvalue weighted by atomic mass is 9.98. The number of aryl methyl sites for hydroxylation is 1. The van der Waals surface area contributed by atoms with Crippen LogP contribution in [0.4, 0.5) is 17.1 Å². The third-order valence-corrected chi connectivity index (χ3v) is 6.45. The lowest BCUT2D eigenvalue weighted by Crippen LogP contribution is -2.37. The van der Waals surface area contributed by atoms with E-state index in [1.807, 2.05) is 43.3 Å². The summed E-state index contributed by atoms with van der Waals surface area (Å²) >= 11 is 6.37. The highest BCUT2D eigenvalue weighted by atomic mass is 35.5. The van der Waals surface area contributed by atoms with E-state index in [0.717, 1.165) is 46.0 Å². The molecule has 2 aliphatic heterocycles. The number of hydrogen-bond donors (Lipinski definition) is 4. The van der Waals surface area contributed by atoms with Crippen LogP contribution in [0.25, 0.3) is 11.1 Å². The van der Waals surface area contributed by atoms with Crippen LogP contribution in [0.1, 0.15) is 18.4 Å². The number of benzene rings is 3. The van der Waals surface area contributed by atoms with Gasteiger partial charge in [-0.3, -0.25) is 15.8 Å². The molecule has 2 aliphatic rings. The van der Waals surface area contributed by atoms with Crippen LogP contribution >= 0.6 is 11.6 Å². The summed E-state index contributed by atoms with van der Waals surface area (Å²) in [5.41, 5.74) is 11.5. The topological polar surface area (TPSA) is 81.1 Å². The Balaban J connectivity index is 1.25. The number of phenolic OH excluding ortho intramolecular Hbond substituents is 1. The minimum absolute atomic E-state index is 0.176. The Hall–Kier alpha value is -3.42. The van der Waals surface area contributed by atoms with E-state index in [1.54, 1.807) is 18.2 Å². The number of aromatic hydroxyl groups is 1. The molecule has 5 rings (SSSR count). The van der Waals surface area contributed by atoms with Gasteiger partial charge in [-0.2, -0.15) is 0 Å². The van der Waals surface area contributed by atoms with Crippen LogP contribution in [0.15, 0.2) is 59.6 Å². The number of hydrazine groups is 1. The van der Waals surface area contributed by atoms with E-state index in [-0.39, 0.29) is 5.75 Å². The van der Waals surface area contributed by atoms with Crippen molar-refractivity contribution in [3.05, 3.63) is 65.2 Å². The fraction of sp³-hybridized carbons (Fsp3) is 0.269. The number of hydrogen-bond acceptors (Lipinski definition) is 7. The smallest absolute Gasteiger partial charge is 0.220 e. The minimum atomic E-state index is 0.176. The third kappa shape index (κ3) is 5.05. The quantitative estimate of drug-likeness (QED) is 0.374.